The summed E-state index contributed by atoms with van der Waals surface area (Å²) in [5.74, 6) is 3.36. The SMILES string of the molecule is C.C.C.C.CC(C)(C)C(=O)CCCC(=O)C(C)(C)C.CC(C)(C)C(=O)CCCC(=O)CCCOCCOCCNC(=O)CC(=O)C(C)(C)C.CC(C)NCCOCCOCCCC(=O)CCC(=O)C(C)C.CC(C)NCCSSCCCC(=O)CCC(=O)C(C)C. The molecule has 0 aliphatic carbocycles. The van der Waals surface area contributed by atoms with Crippen molar-refractivity contribution in [1.82, 2.24) is 16.0 Å². The zero-order chi connectivity index (χ0) is 67.7. The molecule has 1 amide bonds. The van der Waals surface area contributed by atoms with Crippen molar-refractivity contribution in [3.05, 3.63) is 0 Å². The lowest BCUT2D eigenvalue weighted by Crippen LogP contribution is -2.32. The summed E-state index contributed by atoms with van der Waals surface area (Å²) in [5.41, 5.74) is -1.40. The number of nitrogens with one attached hydrogen (secondary N) is 3. The molecule has 0 unspecified atom stereocenters. The van der Waals surface area contributed by atoms with Crippen LogP contribution in [-0.4, -0.2) is 154 Å². The summed E-state index contributed by atoms with van der Waals surface area (Å²) in [5, 5.41) is 9.30. The van der Waals surface area contributed by atoms with Gasteiger partial charge in [-0.1, -0.05) is 190 Å². The fraction of sp³-hybridized carbons (Fsp3) is 0.861. The Hall–Kier alpha value is -3.04. The second-order valence-electron chi connectivity index (χ2n) is 27.4. The molecule has 0 aromatic heterocycles. The van der Waals surface area contributed by atoms with E-state index in [-0.39, 0.29) is 122 Å². The molecule has 0 aliphatic rings. The Labute approximate surface area is 566 Å². The van der Waals surface area contributed by atoms with Crippen LogP contribution in [0.2, 0.25) is 0 Å². The minimum Gasteiger partial charge on any atom is -0.379 e. The highest BCUT2D eigenvalue weighted by atomic mass is 33.1. The summed E-state index contributed by atoms with van der Waals surface area (Å²) < 4.78 is 21.6. The third kappa shape index (κ3) is 74.2. The van der Waals surface area contributed by atoms with Crippen molar-refractivity contribution in [2.24, 2.45) is 33.5 Å². The van der Waals surface area contributed by atoms with E-state index in [1.165, 1.54) is 0 Å². The van der Waals surface area contributed by atoms with Gasteiger partial charge in [-0.3, -0.25) is 47.9 Å². The molecule has 0 radical (unpaired) electrons. The van der Waals surface area contributed by atoms with Crippen LogP contribution in [-0.2, 0) is 66.9 Å². The van der Waals surface area contributed by atoms with Crippen LogP contribution in [0.25, 0.3) is 0 Å². The molecule has 0 saturated heterocycles. The zero-order valence-corrected chi connectivity index (χ0v) is 60.2. The van der Waals surface area contributed by atoms with Crippen LogP contribution in [0.5, 0.6) is 0 Å². The van der Waals surface area contributed by atoms with Gasteiger partial charge in [-0.25, -0.2) is 0 Å². The normalized spacial score (nSPS) is 11.3. The van der Waals surface area contributed by atoms with Gasteiger partial charge in [-0.2, -0.15) is 0 Å². The molecule has 3 N–H and O–H groups in total. The van der Waals surface area contributed by atoms with Gasteiger partial charge in [-0.15, -0.1) is 0 Å². The average molecular weight is 1340 g/mol. The van der Waals surface area contributed by atoms with Crippen LogP contribution in [0.15, 0.2) is 0 Å². The average Bonchev–Trinajstić information content (AvgIpc) is 2.98. The molecule has 0 spiro atoms. The van der Waals surface area contributed by atoms with Gasteiger partial charge in [0.1, 0.15) is 52.0 Å². The van der Waals surface area contributed by atoms with Crippen molar-refractivity contribution >= 4 is 79.5 Å². The van der Waals surface area contributed by atoms with Crippen molar-refractivity contribution in [3.63, 3.8) is 0 Å². The lowest BCUT2D eigenvalue weighted by Gasteiger charge is -2.18. The number of rotatable bonds is 48. The summed E-state index contributed by atoms with van der Waals surface area (Å²) in [6.07, 6.45) is 8.56. The fourth-order valence-corrected chi connectivity index (χ4v) is 8.85. The van der Waals surface area contributed by atoms with Gasteiger partial charge in [-0.05, 0) is 32.1 Å². The molecular weight excluding hydrogens is 1190 g/mol. The van der Waals surface area contributed by atoms with E-state index in [1.54, 1.807) is 20.8 Å². The van der Waals surface area contributed by atoms with Crippen LogP contribution in [0, 0.1) is 33.5 Å². The van der Waals surface area contributed by atoms with Gasteiger partial charge in [0.25, 0.3) is 0 Å². The quantitative estimate of drug-likeness (QED) is 0.0291. The molecule has 0 rings (SSSR count). The van der Waals surface area contributed by atoms with Crippen molar-refractivity contribution < 1.29 is 66.9 Å². The Morgan fingerprint density at radius 3 is 1.00 bits per heavy atom. The number of carbonyl (C=O) groups excluding carboxylic acids is 10. The van der Waals surface area contributed by atoms with Crippen molar-refractivity contribution in [1.29, 1.82) is 0 Å². The smallest absolute Gasteiger partial charge is 0.227 e. The van der Waals surface area contributed by atoms with Gasteiger partial charge < -0.3 is 34.9 Å². The highest BCUT2D eigenvalue weighted by molar-refractivity contribution is 8.76. The second-order valence-corrected chi connectivity index (χ2v) is 30.1. The number of hydrogen-bond acceptors (Lipinski definition) is 18. The number of carbonyl (C=O) groups is 10. The first kappa shape index (κ1) is 104. The number of ketones is 9. The minimum atomic E-state index is -0.513. The first-order valence-corrected chi connectivity index (χ1v) is 34.8. The van der Waals surface area contributed by atoms with Crippen LogP contribution in [0.1, 0.15) is 277 Å². The first-order chi connectivity index (χ1) is 40.2. The Morgan fingerprint density at radius 1 is 0.330 bits per heavy atom. The molecule has 0 bridgehead atoms. The second kappa shape index (κ2) is 61.8. The Kier molecular flexibility index (Phi) is 70.7. The lowest BCUT2D eigenvalue weighted by molar-refractivity contribution is -0.133. The van der Waals surface area contributed by atoms with E-state index in [1.807, 2.05) is 112 Å². The zero-order valence-electron chi connectivity index (χ0n) is 58.6. The molecule has 0 aromatic carbocycles. The van der Waals surface area contributed by atoms with E-state index >= 15 is 0 Å². The largest absolute Gasteiger partial charge is 0.379 e. The van der Waals surface area contributed by atoms with Gasteiger partial charge in [0.05, 0.1) is 46.1 Å². The molecule has 0 saturated carbocycles. The van der Waals surface area contributed by atoms with Gasteiger partial charge >= 0.3 is 0 Å². The summed E-state index contributed by atoms with van der Waals surface area (Å²) >= 11 is 0. The standard InChI is InChI=1S/C23H41NO6.C17H33NO4.C15H29NO2S2.C13H24O2.4CH4/c1-22(2,3)19(26)11-7-9-18(25)10-8-13-29-15-16-30-14-12-24-21(28)17-20(27)23(4,5)6;1-14(2)17(20)8-7-16(19)6-5-10-21-12-13-22-11-9-18-15(3)4;1-12(2)15(18)8-7-14(17)6-5-10-19-20-11-9-16-13(3)4;1-12(2,3)10(14)8-7-9-11(15)13(4,5)6;;;;/h7-17H2,1-6H3,(H,24,28);14-15,18H,5-13H2,1-4H3;12-13,16H,5-11H2,1-4H3;7-9H2,1-6H3;4*1H4. The first-order valence-electron chi connectivity index (χ1n) is 32.3. The molecule has 542 valence electrons. The molecule has 19 heteroatoms. The van der Waals surface area contributed by atoms with Crippen LogP contribution in [0.4, 0.5) is 0 Å². The molecule has 0 aliphatic heterocycles. The highest BCUT2D eigenvalue weighted by Crippen LogP contribution is 2.24. The maximum Gasteiger partial charge on any atom is 0.227 e. The lowest BCUT2D eigenvalue weighted by atomic mass is 9.85. The van der Waals surface area contributed by atoms with E-state index in [0.29, 0.717) is 168 Å². The number of ether oxygens (including phenoxy) is 4. The monoisotopic (exact) mass is 1340 g/mol. The van der Waals surface area contributed by atoms with Gasteiger partial charge in [0, 0.05) is 161 Å². The highest BCUT2D eigenvalue weighted by Gasteiger charge is 2.25. The summed E-state index contributed by atoms with van der Waals surface area (Å²) in [6.45, 7) is 44.8. The number of hydrogen-bond donors (Lipinski definition) is 3. The minimum absolute atomic E-state index is 0. The summed E-state index contributed by atoms with van der Waals surface area (Å²) in [7, 11) is 3.69. The number of amides is 1. The summed E-state index contributed by atoms with van der Waals surface area (Å²) in [4.78, 5) is 116. The van der Waals surface area contributed by atoms with Gasteiger partial charge in [0.15, 0.2) is 0 Å². The Bertz CT molecular complexity index is 1890. The van der Waals surface area contributed by atoms with Crippen LogP contribution >= 0.6 is 21.6 Å². The molecule has 17 nitrogen and oxygen atoms in total. The maximum atomic E-state index is 11.8. The van der Waals surface area contributed by atoms with E-state index in [0.717, 1.165) is 31.0 Å². The topological polar surface area (TPSA) is 244 Å². The van der Waals surface area contributed by atoms with E-state index in [9.17, 15) is 47.9 Å². The van der Waals surface area contributed by atoms with Crippen LogP contribution < -0.4 is 16.0 Å². The summed E-state index contributed by atoms with van der Waals surface area (Å²) in [6, 6.07) is 1.03. The van der Waals surface area contributed by atoms with E-state index in [2.05, 4.69) is 43.6 Å². The van der Waals surface area contributed by atoms with E-state index in [4.69, 9.17) is 18.9 Å². The van der Waals surface area contributed by atoms with Crippen molar-refractivity contribution in [2.45, 2.75) is 289 Å². The van der Waals surface area contributed by atoms with E-state index < -0.39 is 5.41 Å². The fourth-order valence-electron chi connectivity index (χ4n) is 6.84. The molecule has 0 atom stereocenters. The number of Topliss-reactive ketones (excluding diaryl/α,β-unsaturated/α-hetero) is 9. The molecule has 0 heterocycles. The molecule has 91 heavy (non-hydrogen) atoms. The third-order valence-electron chi connectivity index (χ3n) is 13.0. The van der Waals surface area contributed by atoms with Crippen molar-refractivity contribution in [2.75, 3.05) is 84.0 Å². The molecule has 0 fully saturated rings. The Balaban J connectivity index is -0.000000170. The predicted molar refractivity (Wildman–Crippen MR) is 385 cm³/mol. The third-order valence-corrected chi connectivity index (χ3v) is 15.5. The maximum absolute atomic E-state index is 11.8. The van der Waals surface area contributed by atoms with Crippen molar-refractivity contribution in [3.8, 4) is 0 Å². The Morgan fingerprint density at radius 2 is 0.637 bits per heavy atom. The molecule has 0 aromatic rings. The van der Waals surface area contributed by atoms with Gasteiger partial charge in [0.2, 0.25) is 5.91 Å². The van der Waals surface area contributed by atoms with Crippen LogP contribution in [0.3, 0.4) is 0 Å². The predicted octanol–water partition coefficient (Wildman–Crippen LogP) is 15.3. The molecular formula is C72H143N3O14S2.